The molecule has 0 radical (unpaired) electrons. The second-order valence-electron chi connectivity index (χ2n) is 3.64. The summed E-state index contributed by atoms with van der Waals surface area (Å²) in [6.45, 7) is 2.00. The van der Waals surface area contributed by atoms with Crippen LogP contribution in [0.1, 0.15) is 17.4 Å². The molecule has 0 spiro atoms. The SMILES string of the molecule is CCOC(=O)c1cc(Cl)cc(-c2cc(Cl)ccn2)n1. The molecule has 98 valence electrons. The van der Waals surface area contributed by atoms with Gasteiger partial charge in [-0.25, -0.2) is 9.78 Å². The normalized spacial score (nSPS) is 10.3. The number of hydrogen-bond donors (Lipinski definition) is 0. The first kappa shape index (κ1) is 13.8. The third kappa shape index (κ3) is 3.43. The van der Waals surface area contributed by atoms with Gasteiger partial charge in [-0.05, 0) is 31.2 Å². The molecule has 0 bridgehead atoms. The molecule has 0 saturated heterocycles. The monoisotopic (exact) mass is 296 g/mol. The van der Waals surface area contributed by atoms with E-state index in [1.807, 2.05) is 0 Å². The van der Waals surface area contributed by atoms with Crippen LogP contribution in [0.25, 0.3) is 11.4 Å². The Hall–Kier alpha value is -1.65. The zero-order chi connectivity index (χ0) is 13.8. The largest absolute Gasteiger partial charge is 0.461 e. The first-order chi connectivity index (χ1) is 9.10. The number of hydrogen-bond acceptors (Lipinski definition) is 4. The Kier molecular flexibility index (Phi) is 4.35. The maximum absolute atomic E-state index is 11.7. The van der Waals surface area contributed by atoms with E-state index in [4.69, 9.17) is 27.9 Å². The van der Waals surface area contributed by atoms with Gasteiger partial charge >= 0.3 is 5.97 Å². The molecule has 2 aromatic heterocycles. The second-order valence-corrected chi connectivity index (χ2v) is 4.51. The molecule has 0 saturated carbocycles. The van der Waals surface area contributed by atoms with Gasteiger partial charge in [0.1, 0.15) is 0 Å². The summed E-state index contributed by atoms with van der Waals surface area (Å²) in [4.78, 5) is 20.0. The van der Waals surface area contributed by atoms with Crippen molar-refractivity contribution in [3.8, 4) is 11.4 Å². The van der Waals surface area contributed by atoms with Gasteiger partial charge in [0.15, 0.2) is 5.69 Å². The molecular weight excluding hydrogens is 287 g/mol. The molecular formula is C13H10Cl2N2O2. The molecule has 2 heterocycles. The second kappa shape index (κ2) is 5.99. The summed E-state index contributed by atoms with van der Waals surface area (Å²) in [5.74, 6) is -0.520. The topological polar surface area (TPSA) is 52.1 Å². The van der Waals surface area contributed by atoms with E-state index in [1.165, 1.54) is 6.07 Å². The predicted molar refractivity (Wildman–Crippen MR) is 73.4 cm³/mol. The summed E-state index contributed by atoms with van der Waals surface area (Å²) in [5.41, 5.74) is 1.16. The van der Waals surface area contributed by atoms with Gasteiger partial charge in [0.05, 0.1) is 18.0 Å². The van der Waals surface area contributed by atoms with E-state index in [0.29, 0.717) is 21.4 Å². The lowest BCUT2D eigenvalue weighted by Gasteiger charge is -2.05. The number of nitrogens with zero attached hydrogens (tertiary/aromatic N) is 2. The number of ether oxygens (including phenoxy) is 1. The fourth-order valence-electron chi connectivity index (χ4n) is 1.48. The Bertz CT molecular complexity index is 617. The third-order valence-electron chi connectivity index (χ3n) is 2.26. The number of esters is 1. The van der Waals surface area contributed by atoms with E-state index in [9.17, 15) is 4.79 Å². The van der Waals surface area contributed by atoms with Crippen molar-refractivity contribution in [2.24, 2.45) is 0 Å². The van der Waals surface area contributed by atoms with Crippen LogP contribution in [-0.2, 0) is 4.74 Å². The number of rotatable bonds is 3. The lowest BCUT2D eigenvalue weighted by molar-refractivity contribution is 0.0519. The molecule has 0 aliphatic rings. The zero-order valence-corrected chi connectivity index (χ0v) is 11.6. The van der Waals surface area contributed by atoms with Gasteiger partial charge in [-0.1, -0.05) is 23.2 Å². The predicted octanol–water partition coefficient (Wildman–Crippen LogP) is 3.63. The Morgan fingerprint density at radius 3 is 2.63 bits per heavy atom. The average Bonchev–Trinajstić information content (AvgIpc) is 2.38. The van der Waals surface area contributed by atoms with E-state index in [-0.39, 0.29) is 12.3 Å². The van der Waals surface area contributed by atoms with E-state index in [1.54, 1.807) is 31.3 Å². The van der Waals surface area contributed by atoms with Gasteiger partial charge in [0, 0.05) is 16.2 Å². The van der Waals surface area contributed by atoms with Crippen LogP contribution < -0.4 is 0 Å². The fraction of sp³-hybridized carbons (Fsp3) is 0.154. The van der Waals surface area contributed by atoms with E-state index >= 15 is 0 Å². The van der Waals surface area contributed by atoms with Gasteiger partial charge < -0.3 is 4.74 Å². The number of carbonyl (C=O) groups excluding carboxylic acids is 1. The van der Waals surface area contributed by atoms with Crippen LogP contribution in [0.3, 0.4) is 0 Å². The molecule has 0 atom stereocenters. The fourth-order valence-corrected chi connectivity index (χ4v) is 1.85. The molecule has 0 fully saturated rings. The highest BCUT2D eigenvalue weighted by Gasteiger charge is 2.12. The van der Waals surface area contributed by atoms with Crippen molar-refractivity contribution in [2.75, 3.05) is 6.61 Å². The van der Waals surface area contributed by atoms with Crippen molar-refractivity contribution >= 4 is 29.2 Å². The number of pyridine rings is 2. The number of halogens is 2. The van der Waals surface area contributed by atoms with Gasteiger partial charge in [-0.3, -0.25) is 4.98 Å². The molecule has 0 aromatic carbocycles. The highest BCUT2D eigenvalue weighted by atomic mass is 35.5. The first-order valence-corrected chi connectivity index (χ1v) is 6.32. The van der Waals surface area contributed by atoms with Crippen LogP contribution in [0.2, 0.25) is 10.0 Å². The highest BCUT2D eigenvalue weighted by molar-refractivity contribution is 6.31. The van der Waals surface area contributed by atoms with Crippen LogP contribution in [0.5, 0.6) is 0 Å². The van der Waals surface area contributed by atoms with E-state index in [0.717, 1.165) is 0 Å². The number of aromatic nitrogens is 2. The maximum atomic E-state index is 11.7. The van der Waals surface area contributed by atoms with Crippen molar-refractivity contribution in [2.45, 2.75) is 6.92 Å². The molecule has 0 aliphatic heterocycles. The van der Waals surface area contributed by atoms with E-state index < -0.39 is 5.97 Å². The van der Waals surface area contributed by atoms with Crippen LogP contribution in [0.15, 0.2) is 30.5 Å². The standard InChI is InChI=1S/C13H10Cl2N2O2/c1-2-19-13(18)12-7-9(15)6-11(17-12)10-5-8(14)3-4-16-10/h3-7H,2H2,1H3. The van der Waals surface area contributed by atoms with Crippen molar-refractivity contribution in [3.63, 3.8) is 0 Å². The number of carbonyl (C=O) groups is 1. The van der Waals surface area contributed by atoms with Gasteiger partial charge in [-0.2, -0.15) is 0 Å². The summed E-state index contributed by atoms with van der Waals surface area (Å²) < 4.78 is 4.89. The van der Waals surface area contributed by atoms with E-state index in [2.05, 4.69) is 9.97 Å². The smallest absolute Gasteiger partial charge is 0.356 e. The zero-order valence-electron chi connectivity index (χ0n) is 10.1. The van der Waals surface area contributed by atoms with Crippen LogP contribution >= 0.6 is 23.2 Å². The Balaban J connectivity index is 2.44. The van der Waals surface area contributed by atoms with Crippen molar-refractivity contribution in [1.29, 1.82) is 0 Å². The summed E-state index contributed by atoms with van der Waals surface area (Å²) >= 11 is 11.9. The molecule has 6 heteroatoms. The van der Waals surface area contributed by atoms with Crippen LogP contribution in [0.4, 0.5) is 0 Å². The molecule has 0 unspecified atom stereocenters. The Morgan fingerprint density at radius 1 is 1.21 bits per heavy atom. The van der Waals surface area contributed by atoms with Gasteiger partial charge in [0.25, 0.3) is 0 Å². The minimum absolute atomic E-state index is 0.145. The van der Waals surface area contributed by atoms with Crippen LogP contribution in [-0.4, -0.2) is 22.5 Å². The van der Waals surface area contributed by atoms with Crippen LogP contribution in [0, 0.1) is 0 Å². The molecule has 0 aliphatic carbocycles. The maximum Gasteiger partial charge on any atom is 0.356 e. The Morgan fingerprint density at radius 2 is 1.95 bits per heavy atom. The molecule has 19 heavy (non-hydrogen) atoms. The first-order valence-electron chi connectivity index (χ1n) is 5.57. The lowest BCUT2D eigenvalue weighted by atomic mass is 10.2. The molecule has 0 amide bonds. The molecule has 2 rings (SSSR count). The molecule has 2 aromatic rings. The van der Waals surface area contributed by atoms with Gasteiger partial charge in [0.2, 0.25) is 0 Å². The third-order valence-corrected chi connectivity index (χ3v) is 2.71. The summed E-state index contributed by atoms with van der Waals surface area (Å²) in [6.07, 6.45) is 1.56. The summed E-state index contributed by atoms with van der Waals surface area (Å²) in [5, 5.41) is 0.916. The van der Waals surface area contributed by atoms with Crippen molar-refractivity contribution in [3.05, 3.63) is 46.2 Å². The minimum atomic E-state index is -0.520. The van der Waals surface area contributed by atoms with Crippen molar-refractivity contribution in [1.82, 2.24) is 9.97 Å². The highest BCUT2D eigenvalue weighted by Crippen LogP contribution is 2.22. The molecule has 0 N–H and O–H groups in total. The Labute approximate surface area is 120 Å². The average molecular weight is 297 g/mol. The summed E-state index contributed by atoms with van der Waals surface area (Å²) in [7, 11) is 0. The molecule has 4 nitrogen and oxygen atoms in total. The summed E-state index contributed by atoms with van der Waals surface area (Å²) in [6, 6.07) is 6.37. The van der Waals surface area contributed by atoms with Gasteiger partial charge in [-0.15, -0.1) is 0 Å². The minimum Gasteiger partial charge on any atom is -0.461 e. The quantitative estimate of drug-likeness (QED) is 0.812. The van der Waals surface area contributed by atoms with Crippen molar-refractivity contribution < 1.29 is 9.53 Å². The lowest BCUT2D eigenvalue weighted by Crippen LogP contribution is -2.07.